The summed E-state index contributed by atoms with van der Waals surface area (Å²) in [5, 5.41) is 15.2. The second kappa shape index (κ2) is 6.17. The molecule has 0 bridgehead atoms. The maximum absolute atomic E-state index is 10.4. The number of pyridine rings is 1. The molecule has 0 unspecified atom stereocenters. The molecular weight excluding hydrogens is 327 g/mol. The third-order valence-corrected chi connectivity index (χ3v) is 3.78. The first-order valence-electron chi connectivity index (χ1n) is 6.18. The number of hydrogen-bond donors (Lipinski definition) is 0. The quantitative estimate of drug-likeness (QED) is 0.681. The van der Waals surface area contributed by atoms with E-state index in [1.54, 1.807) is 35.1 Å². The Morgan fingerprint density at radius 3 is 2.77 bits per heavy atom. The third kappa shape index (κ3) is 2.81. The van der Waals surface area contributed by atoms with Crippen molar-refractivity contribution in [3.63, 3.8) is 0 Å². The van der Waals surface area contributed by atoms with Crippen molar-refractivity contribution in [2.75, 3.05) is 0 Å². The monoisotopic (exact) mass is 334 g/mol. The molecule has 0 saturated carbocycles. The number of tetrazole rings is 1. The van der Waals surface area contributed by atoms with Crippen molar-refractivity contribution < 1.29 is 0 Å². The van der Waals surface area contributed by atoms with Crippen molar-refractivity contribution in [3.8, 4) is 11.4 Å². The number of aromatic nitrogens is 5. The van der Waals surface area contributed by atoms with Crippen molar-refractivity contribution in [1.29, 1.82) is 0 Å². The van der Waals surface area contributed by atoms with Gasteiger partial charge in [-0.05, 0) is 39.4 Å². The molecule has 22 heavy (non-hydrogen) atoms. The molecule has 3 rings (SSSR count). The Bertz CT molecular complexity index is 818. The molecule has 0 aliphatic carbocycles. The van der Waals surface area contributed by atoms with Gasteiger partial charge in [-0.3, -0.25) is 0 Å². The Morgan fingerprint density at radius 2 is 2.05 bits per heavy atom. The lowest BCUT2D eigenvalue weighted by Gasteiger charge is -2.07. The van der Waals surface area contributed by atoms with Gasteiger partial charge >= 0.3 is 0 Å². The summed E-state index contributed by atoms with van der Waals surface area (Å²) in [6.45, 7) is 0.372. The van der Waals surface area contributed by atoms with Gasteiger partial charge in [0.25, 0.3) is 0 Å². The lowest BCUT2D eigenvalue weighted by Crippen LogP contribution is -2.05. The Balaban J connectivity index is 1.94. The van der Waals surface area contributed by atoms with E-state index in [0.717, 1.165) is 5.56 Å². The Morgan fingerprint density at radius 1 is 1.18 bits per heavy atom. The predicted octanol–water partition coefficient (Wildman–Crippen LogP) is 3.49. The van der Waals surface area contributed by atoms with E-state index in [-0.39, 0.29) is 5.82 Å². The maximum Gasteiger partial charge on any atom is 0.196 e. The van der Waals surface area contributed by atoms with Gasteiger partial charge in [0.1, 0.15) is 0 Å². The average molecular weight is 335 g/mol. The first-order valence-corrected chi connectivity index (χ1v) is 6.93. The zero-order valence-corrected chi connectivity index (χ0v) is 12.5. The van der Waals surface area contributed by atoms with Crippen LogP contribution in [0.1, 0.15) is 5.56 Å². The fraction of sp³-hybridized carbons (Fsp3) is 0.0769. The minimum Gasteiger partial charge on any atom is -0.234 e. The number of nitroso groups, excluding NO2 is 1. The number of hydrogen-bond acceptors (Lipinski definition) is 6. The van der Waals surface area contributed by atoms with Crippen LogP contribution in [0.4, 0.5) is 5.82 Å². The first kappa shape index (κ1) is 14.6. The summed E-state index contributed by atoms with van der Waals surface area (Å²) in [6.07, 6.45) is 1.54. The van der Waals surface area contributed by atoms with Crippen LogP contribution < -0.4 is 0 Å². The summed E-state index contributed by atoms with van der Waals surface area (Å²) in [4.78, 5) is 14.3. The maximum atomic E-state index is 10.4. The molecule has 0 saturated heterocycles. The highest BCUT2D eigenvalue weighted by Gasteiger charge is 2.14. The van der Waals surface area contributed by atoms with Crippen molar-refractivity contribution in [2.45, 2.75) is 6.54 Å². The molecule has 0 aliphatic rings. The fourth-order valence-electron chi connectivity index (χ4n) is 1.92. The molecule has 0 amide bonds. The van der Waals surface area contributed by atoms with Crippen LogP contribution in [0.25, 0.3) is 11.4 Å². The van der Waals surface area contributed by atoms with Crippen LogP contribution in [0.15, 0.2) is 41.7 Å². The van der Waals surface area contributed by atoms with E-state index in [9.17, 15) is 4.91 Å². The van der Waals surface area contributed by atoms with Gasteiger partial charge in [0, 0.05) is 11.8 Å². The smallest absolute Gasteiger partial charge is 0.196 e. The number of nitrogens with zero attached hydrogens (tertiary/aromatic N) is 6. The zero-order valence-electron chi connectivity index (χ0n) is 11.0. The molecule has 0 N–H and O–H groups in total. The zero-order chi connectivity index (χ0) is 15.5. The van der Waals surface area contributed by atoms with Crippen LogP contribution in [-0.2, 0) is 6.54 Å². The molecule has 1 aromatic carbocycles. The molecule has 3 aromatic rings. The molecule has 9 heteroatoms. The second-order valence-corrected chi connectivity index (χ2v) is 5.16. The van der Waals surface area contributed by atoms with Crippen LogP contribution in [0.5, 0.6) is 0 Å². The van der Waals surface area contributed by atoms with Crippen LogP contribution in [-0.4, -0.2) is 25.2 Å². The second-order valence-electron chi connectivity index (χ2n) is 4.38. The standard InChI is InChI=1S/C13H8Cl2N6O/c14-10-3-1-2-9(12(10)15)13-17-19-20-21(13)7-8-4-5-11(18-22)16-6-8/h1-6H,7H2. The Kier molecular flexibility index (Phi) is 4.08. The van der Waals surface area contributed by atoms with Crippen LogP contribution in [0.2, 0.25) is 10.0 Å². The van der Waals surface area contributed by atoms with Gasteiger partial charge in [0.2, 0.25) is 0 Å². The van der Waals surface area contributed by atoms with Gasteiger partial charge in [0.15, 0.2) is 11.6 Å². The molecule has 0 spiro atoms. The van der Waals surface area contributed by atoms with E-state index in [1.165, 1.54) is 6.07 Å². The lowest BCUT2D eigenvalue weighted by atomic mass is 10.2. The highest BCUT2D eigenvalue weighted by atomic mass is 35.5. The summed E-state index contributed by atoms with van der Waals surface area (Å²) in [6, 6.07) is 8.51. The van der Waals surface area contributed by atoms with Crippen LogP contribution >= 0.6 is 23.2 Å². The summed E-state index contributed by atoms with van der Waals surface area (Å²) in [5.74, 6) is 0.615. The molecule has 110 valence electrons. The molecule has 7 nitrogen and oxygen atoms in total. The van der Waals surface area contributed by atoms with E-state index < -0.39 is 0 Å². The van der Waals surface area contributed by atoms with E-state index >= 15 is 0 Å². The van der Waals surface area contributed by atoms with Gasteiger partial charge in [-0.1, -0.05) is 35.3 Å². The summed E-state index contributed by atoms with van der Waals surface area (Å²) >= 11 is 12.2. The number of rotatable bonds is 4. The van der Waals surface area contributed by atoms with Crippen LogP contribution in [0, 0.1) is 4.91 Å². The molecular formula is C13H8Cl2N6O. The summed E-state index contributed by atoms with van der Waals surface area (Å²) in [5.41, 5.74) is 1.46. The van der Waals surface area contributed by atoms with Crippen LogP contribution in [0.3, 0.4) is 0 Å². The normalized spacial score (nSPS) is 10.6. The van der Waals surface area contributed by atoms with Crippen molar-refractivity contribution >= 4 is 29.0 Å². The van der Waals surface area contributed by atoms with Crippen molar-refractivity contribution in [1.82, 2.24) is 25.2 Å². The SMILES string of the molecule is O=Nc1ccc(Cn2nnnc2-c2cccc(Cl)c2Cl)cn1. The highest BCUT2D eigenvalue weighted by Crippen LogP contribution is 2.32. The fourth-order valence-corrected chi connectivity index (χ4v) is 2.30. The largest absolute Gasteiger partial charge is 0.234 e. The van der Waals surface area contributed by atoms with Gasteiger partial charge in [-0.25, -0.2) is 9.67 Å². The van der Waals surface area contributed by atoms with E-state index in [0.29, 0.717) is 28.0 Å². The lowest BCUT2D eigenvalue weighted by molar-refractivity contribution is 0.652. The molecule has 0 atom stereocenters. The van der Waals surface area contributed by atoms with E-state index in [2.05, 4.69) is 25.7 Å². The van der Waals surface area contributed by atoms with Crippen molar-refractivity contribution in [3.05, 3.63) is 57.0 Å². The molecule has 2 heterocycles. The predicted molar refractivity (Wildman–Crippen MR) is 82.1 cm³/mol. The topological polar surface area (TPSA) is 85.9 Å². The minimum absolute atomic E-state index is 0.124. The molecule has 0 radical (unpaired) electrons. The van der Waals surface area contributed by atoms with E-state index in [1.807, 2.05) is 0 Å². The van der Waals surface area contributed by atoms with Gasteiger partial charge in [0.05, 0.1) is 16.6 Å². The molecule has 2 aromatic heterocycles. The van der Waals surface area contributed by atoms with Gasteiger partial charge in [-0.15, -0.1) is 10.0 Å². The molecule has 0 aliphatic heterocycles. The minimum atomic E-state index is 0.124. The third-order valence-electron chi connectivity index (χ3n) is 2.96. The first-order chi connectivity index (χ1) is 10.7. The Labute approximate surface area is 134 Å². The Hall–Kier alpha value is -2.38. The average Bonchev–Trinajstić information content (AvgIpc) is 2.99. The summed E-state index contributed by atoms with van der Waals surface area (Å²) in [7, 11) is 0. The highest BCUT2D eigenvalue weighted by molar-refractivity contribution is 6.43. The van der Waals surface area contributed by atoms with E-state index in [4.69, 9.17) is 23.2 Å². The number of benzene rings is 1. The van der Waals surface area contributed by atoms with Gasteiger partial charge in [-0.2, -0.15) is 0 Å². The molecule has 0 fully saturated rings. The van der Waals surface area contributed by atoms with Crippen molar-refractivity contribution in [2.24, 2.45) is 5.18 Å². The summed E-state index contributed by atoms with van der Waals surface area (Å²) < 4.78 is 1.57. The number of halogens is 2. The van der Waals surface area contributed by atoms with Gasteiger partial charge < -0.3 is 0 Å².